The van der Waals surface area contributed by atoms with E-state index in [-0.39, 0.29) is 12.1 Å². The van der Waals surface area contributed by atoms with Crippen molar-refractivity contribution in [1.29, 1.82) is 5.26 Å². The van der Waals surface area contributed by atoms with Gasteiger partial charge < -0.3 is 15.4 Å². The molecule has 2 aliphatic heterocycles. The number of nitrogens with two attached hydrogens (primary N) is 1. The highest BCUT2D eigenvalue weighted by molar-refractivity contribution is 6.14. The van der Waals surface area contributed by atoms with Gasteiger partial charge in [0.1, 0.15) is 22.8 Å². The van der Waals surface area contributed by atoms with Gasteiger partial charge in [0.2, 0.25) is 17.7 Å². The number of ether oxygens (including phenoxy) is 1. The van der Waals surface area contributed by atoms with Crippen molar-refractivity contribution in [1.82, 2.24) is 10.2 Å². The van der Waals surface area contributed by atoms with E-state index in [2.05, 4.69) is 5.10 Å². The van der Waals surface area contributed by atoms with Crippen LogP contribution in [0, 0.1) is 11.3 Å². The third-order valence-corrected chi connectivity index (χ3v) is 5.68. The first kappa shape index (κ1) is 19.7. The average Bonchev–Trinajstić information content (AvgIpc) is 3.29. The molecule has 1 atom stereocenters. The maximum atomic E-state index is 14.0. The summed E-state index contributed by atoms with van der Waals surface area (Å²) in [5, 5.41) is 15.5. The molecule has 5 rings (SSSR count). The number of benzene rings is 2. The molecule has 0 fully saturated rings. The lowest BCUT2D eigenvalue weighted by Crippen LogP contribution is -2.46. The van der Waals surface area contributed by atoms with Gasteiger partial charge in [-0.05, 0) is 11.6 Å². The molecule has 160 valence electrons. The number of halogens is 3. The maximum absolute atomic E-state index is 14.0. The lowest BCUT2D eigenvalue weighted by atomic mass is 9.69. The number of carbonyl (C=O) groups excluding carboxylic acids is 1. The molecule has 3 N–H and O–H groups in total. The van der Waals surface area contributed by atoms with E-state index in [9.17, 15) is 23.2 Å². The van der Waals surface area contributed by atoms with E-state index in [4.69, 9.17) is 10.5 Å². The zero-order chi connectivity index (χ0) is 22.7. The van der Waals surface area contributed by atoms with Crippen LogP contribution in [0.5, 0.6) is 5.88 Å². The Balaban J connectivity index is 1.83. The van der Waals surface area contributed by atoms with Crippen molar-refractivity contribution in [2.45, 2.75) is 18.1 Å². The molecule has 3 aromatic rings. The van der Waals surface area contributed by atoms with Crippen molar-refractivity contribution in [3.8, 4) is 11.9 Å². The summed E-state index contributed by atoms with van der Waals surface area (Å²) in [7, 11) is 0. The summed E-state index contributed by atoms with van der Waals surface area (Å²) >= 11 is 0. The highest BCUT2D eigenvalue weighted by atomic mass is 19.4. The van der Waals surface area contributed by atoms with Gasteiger partial charge in [-0.3, -0.25) is 9.89 Å². The number of anilines is 1. The number of aromatic amines is 1. The number of rotatable bonds is 2. The summed E-state index contributed by atoms with van der Waals surface area (Å²) in [6.45, 7) is 0.0897. The summed E-state index contributed by atoms with van der Waals surface area (Å²) in [6, 6.07) is 17.2. The minimum Gasteiger partial charge on any atom is -0.420 e. The molecule has 1 amide bonds. The minimum atomic E-state index is -4.88. The van der Waals surface area contributed by atoms with E-state index in [0.29, 0.717) is 5.69 Å². The molecule has 32 heavy (non-hydrogen) atoms. The molecule has 2 aliphatic rings. The molecule has 0 saturated heterocycles. The molecule has 1 spiro atoms. The van der Waals surface area contributed by atoms with E-state index in [1.54, 1.807) is 42.5 Å². The van der Waals surface area contributed by atoms with E-state index in [1.807, 2.05) is 17.2 Å². The Bertz CT molecular complexity index is 1320. The second-order valence-corrected chi connectivity index (χ2v) is 7.37. The number of alkyl halides is 3. The van der Waals surface area contributed by atoms with Crippen LogP contribution in [0.15, 0.2) is 66.1 Å². The lowest BCUT2D eigenvalue weighted by Gasteiger charge is -2.33. The molecular weight excluding hydrogens is 423 g/mol. The van der Waals surface area contributed by atoms with Gasteiger partial charge in [0.25, 0.3) is 0 Å². The number of nitriles is 1. The molecule has 1 aromatic heterocycles. The molecule has 1 unspecified atom stereocenters. The smallest absolute Gasteiger partial charge is 0.420 e. The fourth-order valence-electron chi connectivity index (χ4n) is 4.42. The summed E-state index contributed by atoms with van der Waals surface area (Å²) in [4.78, 5) is 15.4. The second kappa shape index (κ2) is 6.62. The van der Waals surface area contributed by atoms with Crippen LogP contribution >= 0.6 is 0 Å². The zero-order valence-corrected chi connectivity index (χ0v) is 16.3. The number of nitrogens with one attached hydrogen (secondary N) is 1. The molecule has 7 nitrogen and oxygen atoms in total. The molecular formula is C22H14F3N5O2. The summed E-state index contributed by atoms with van der Waals surface area (Å²) in [5.41, 5.74) is 2.88. The van der Waals surface area contributed by atoms with Crippen molar-refractivity contribution in [2.75, 3.05) is 4.90 Å². The fourth-order valence-corrected chi connectivity index (χ4v) is 4.42. The number of aromatic nitrogens is 2. The van der Waals surface area contributed by atoms with Crippen LogP contribution in [0.25, 0.3) is 0 Å². The molecule has 2 aromatic carbocycles. The first-order chi connectivity index (χ1) is 15.3. The molecule has 0 radical (unpaired) electrons. The van der Waals surface area contributed by atoms with Gasteiger partial charge in [0, 0.05) is 11.3 Å². The molecule has 10 heteroatoms. The minimum absolute atomic E-state index is 0.0897. The quantitative estimate of drug-likeness (QED) is 0.639. The SMILES string of the molecule is N#CC1=C(N)Oc2n[nH]c(C(F)(F)F)c2C12C(=O)N(Cc1ccccc1)c1ccccc12. The monoisotopic (exact) mass is 437 g/mol. The van der Waals surface area contributed by atoms with Gasteiger partial charge in [-0.25, -0.2) is 0 Å². The number of nitrogens with zero attached hydrogens (tertiary/aromatic N) is 3. The van der Waals surface area contributed by atoms with Crippen LogP contribution in [0.1, 0.15) is 22.4 Å². The van der Waals surface area contributed by atoms with Gasteiger partial charge in [-0.1, -0.05) is 48.5 Å². The van der Waals surface area contributed by atoms with E-state index < -0.39 is 46.1 Å². The topological polar surface area (TPSA) is 108 Å². The Morgan fingerprint density at radius 3 is 2.53 bits per heavy atom. The molecule has 3 heterocycles. The zero-order valence-electron chi connectivity index (χ0n) is 16.3. The van der Waals surface area contributed by atoms with Crippen molar-refractivity contribution in [2.24, 2.45) is 5.73 Å². The van der Waals surface area contributed by atoms with E-state index in [0.717, 1.165) is 5.56 Å². The number of carbonyl (C=O) groups is 1. The highest BCUT2D eigenvalue weighted by Crippen LogP contribution is 2.57. The summed E-state index contributed by atoms with van der Waals surface area (Å²) < 4.78 is 47.1. The Labute approximate surface area is 179 Å². The Morgan fingerprint density at radius 1 is 1.16 bits per heavy atom. The van der Waals surface area contributed by atoms with Crippen molar-refractivity contribution in [3.05, 3.63) is 88.4 Å². The Hall–Kier alpha value is -4.26. The van der Waals surface area contributed by atoms with Gasteiger partial charge in [-0.2, -0.15) is 18.4 Å². The average molecular weight is 437 g/mol. The third-order valence-electron chi connectivity index (χ3n) is 5.68. The van der Waals surface area contributed by atoms with Gasteiger partial charge >= 0.3 is 6.18 Å². The fraction of sp³-hybridized carbons (Fsp3) is 0.136. The Kier molecular flexibility index (Phi) is 4.07. The van der Waals surface area contributed by atoms with Gasteiger partial charge in [0.05, 0.1) is 12.1 Å². The van der Waals surface area contributed by atoms with Gasteiger partial charge in [-0.15, -0.1) is 5.10 Å². The van der Waals surface area contributed by atoms with E-state index >= 15 is 0 Å². The predicted octanol–water partition coefficient (Wildman–Crippen LogP) is 3.35. The number of H-pyrrole nitrogens is 1. The van der Waals surface area contributed by atoms with Crippen molar-refractivity contribution in [3.63, 3.8) is 0 Å². The van der Waals surface area contributed by atoms with Crippen LogP contribution in [0.2, 0.25) is 0 Å². The molecule has 0 saturated carbocycles. The predicted molar refractivity (Wildman–Crippen MR) is 106 cm³/mol. The largest absolute Gasteiger partial charge is 0.433 e. The maximum Gasteiger partial charge on any atom is 0.433 e. The first-order valence-electron chi connectivity index (χ1n) is 9.49. The molecule has 0 bridgehead atoms. The Morgan fingerprint density at radius 2 is 1.84 bits per heavy atom. The number of para-hydroxylation sites is 1. The second-order valence-electron chi connectivity index (χ2n) is 7.37. The number of fused-ring (bicyclic) bond motifs is 4. The van der Waals surface area contributed by atoms with Crippen molar-refractivity contribution >= 4 is 11.6 Å². The number of amides is 1. The van der Waals surface area contributed by atoms with Crippen molar-refractivity contribution < 1.29 is 22.7 Å². The van der Waals surface area contributed by atoms with Crippen LogP contribution in [0.4, 0.5) is 18.9 Å². The standard InChI is InChI=1S/C22H14F3N5O2/c23-22(24,25)17-16-19(29-28-17)32-18(27)14(10-26)21(16)13-8-4-5-9-15(13)30(20(21)31)11-12-6-2-1-3-7-12/h1-9H,11,27H2,(H,28,29). The third kappa shape index (κ3) is 2.48. The lowest BCUT2D eigenvalue weighted by molar-refractivity contribution is -0.142. The van der Waals surface area contributed by atoms with Crippen LogP contribution < -0.4 is 15.4 Å². The number of hydrogen-bond donors (Lipinski definition) is 2. The van der Waals surface area contributed by atoms with Crippen LogP contribution in [-0.4, -0.2) is 16.1 Å². The number of hydrogen-bond acceptors (Lipinski definition) is 5. The molecule has 0 aliphatic carbocycles. The highest BCUT2D eigenvalue weighted by Gasteiger charge is 2.63. The summed E-state index contributed by atoms with van der Waals surface area (Å²) in [6.07, 6.45) is -4.88. The normalized spacial score (nSPS) is 19.6. The van der Waals surface area contributed by atoms with Gasteiger partial charge in [0.15, 0.2) is 0 Å². The summed E-state index contributed by atoms with van der Waals surface area (Å²) in [5.74, 6) is -1.69. The van der Waals surface area contributed by atoms with Crippen LogP contribution in [0.3, 0.4) is 0 Å². The van der Waals surface area contributed by atoms with E-state index in [1.165, 1.54) is 11.0 Å². The first-order valence-corrected chi connectivity index (χ1v) is 9.49. The van der Waals surface area contributed by atoms with Crippen LogP contribution in [-0.2, 0) is 22.9 Å².